The fourth-order valence-electron chi connectivity index (χ4n) is 4.51. The highest BCUT2D eigenvalue weighted by molar-refractivity contribution is 6.08. The number of rotatable bonds is 10. The number of hydrogen-bond donors (Lipinski definition) is 1. The summed E-state index contributed by atoms with van der Waals surface area (Å²) in [5, 5.41) is 6.93. The van der Waals surface area contributed by atoms with E-state index in [4.69, 9.17) is 23.8 Å². The van der Waals surface area contributed by atoms with Gasteiger partial charge in [-0.05, 0) is 43.0 Å². The Kier molecular flexibility index (Phi) is 9.30. The van der Waals surface area contributed by atoms with Gasteiger partial charge in [0.15, 0.2) is 0 Å². The number of methoxy groups -OCH3 is 3. The van der Waals surface area contributed by atoms with Crippen molar-refractivity contribution in [2.45, 2.75) is 32.2 Å². The molecule has 0 aromatic heterocycles. The van der Waals surface area contributed by atoms with Crippen molar-refractivity contribution in [2.75, 3.05) is 41.7 Å². The predicted octanol–water partition coefficient (Wildman–Crippen LogP) is 3.39. The topological polar surface area (TPSA) is 105 Å². The van der Waals surface area contributed by atoms with Gasteiger partial charge in [-0.15, -0.1) is 0 Å². The van der Waals surface area contributed by atoms with Crippen LogP contribution in [0.1, 0.15) is 25.3 Å². The van der Waals surface area contributed by atoms with Gasteiger partial charge < -0.3 is 29.1 Å². The van der Waals surface area contributed by atoms with E-state index >= 15 is 0 Å². The summed E-state index contributed by atoms with van der Waals surface area (Å²) in [5.41, 5.74) is 2.22. The summed E-state index contributed by atoms with van der Waals surface area (Å²) < 4.78 is 21.5. The summed E-state index contributed by atoms with van der Waals surface area (Å²) in [6.07, 6.45) is 1.15. The van der Waals surface area contributed by atoms with Crippen molar-refractivity contribution >= 4 is 17.6 Å². The van der Waals surface area contributed by atoms with E-state index < -0.39 is 17.4 Å². The summed E-state index contributed by atoms with van der Waals surface area (Å²) in [6, 6.07) is 12.4. The van der Waals surface area contributed by atoms with Gasteiger partial charge >= 0.3 is 5.97 Å². The molecule has 0 aliphatic carbocycles. The minimum atomic E-state index is -0.912. The van der Waals surface area contributed by atoms with Crippen LogP contribution in [0.2, 0.25) is 0 Å². The van der Waals surface area contributed by atoms with Gasteiger partial charge in [0.05, 0.1) is 38.0 Å². The quantitative estimate of drug-likeness (QED) is 0.304. The molecular formula is C27H34N2O7. The number of carbonyl (C=O) groups is 2. The van der Waals surface area contributed by atoms with Gasteiger partial charge in [0, 0.05) is 19.6 Å². The number of hydrogen-bond acceptors (Lipinski definition) is 8. The van der Waals surface area contributed by atoms with Crippen molar-refractivity contribution < 1.29 is 33.4 Å². The molecule has 9 heteroatoms. The Hall–Kier alpha value is -3.59. The van der Waals surface area contributed by atoms with Crippen LogP contribution in [-0.2, 0) is 30.3 Å². The van der Waals surface area contributed by atoms with Crippen LogP contribution in [0, 0.1) is 5.41 Å². The SMILES string of the molecule is CON=C(C)C1(C(=O)N[C@@H](Cc2ccc(-c3c(OC)cccc3OC)cc2)C(=O)OC)CCOCC1. The largest absolute Gasteiger partial charge is 0.496 e. The monoisotopic (exact) mass is 498 g/mol. The first-order valence-corrected chi connectivity index (χ1v) is 11.7. The molecule has 36 heavy (non-hydrogen) atoms. The maximum Gasteiger partial charge on any atom is 0.328 e. The highest BCUT2D eigenvalue weighted by Crippen LogP contribution is 2.38. The molecule has 0 spiro atoms. The van der Waals surface area contributed by atoms with Gasteiger partial charge in [0.1, 0.15) is 24.7 Å². The van der Waals surface area contributed by atoms with E-state index in [1.54, 1.807) is 21.1 Å². The van der Waals surface area contributed by atoms with Crippen LogP contribution < -0.4 is 14.8 Å². The molecule has 1 fully saturated rings. The van der Waals surface area contributed by atoms with Crippen molar-refractivity contribution in [3.63, 3.8) is 0 Å². The maximum atomic E-state index is 13.5. The molecule has 1 heterocycles. The Morgan fingerprint density at radius 1 is 1.00 bits per heavy atom. The molecule has 1 amide bonds. The lowest BCUT2D eigenvalue weighted by molar-refractivity contribution is -0.146. The summed E-state index contributed by atoms with van der Waals surface area (Å²) in [4.78, 5) is 31.1. The lowest BCUT2D eigenvalue weighted by Crippen LogP contribution is -2.54. The number of nitrogens with zero attached hydrogens (tertiary/aromatic N) is 1. The molecule has 1 N–H and O–H groups in total. The van der Waals surface area contributed by atoms with E-state index in [1.165, 1.54) is 14.2 Å². The van der Waals surface area contributed by atoms with E-state index in [0.717, 1.165) is 16.7 Å². The molecule has 0 unspecified atom stereocenters. The van der Waals surface area contributed by atoms with Crippen LogP contribution in [0.25, 0.3) is 11.1 Å². The molecule has 1 aliphatic heterocycles. The second kappa shape index (κ2) is 12.4. The Labute approximate surface area is 211 Å². The summed E-state index contributed by atoms with van der Waals surface area (Å²) in [5.74, 6) is 0.561. The molecule has 1 atom stereocenters. The van der Waals surface area contributed by atoms with Gasteiger partial charge in [-0.1, -0.05) is 35.5 Å². The molecule has 1 aliphatic rings. The van der Waals surface area contributed by atoms with Crippen molar-refractivity contribution in [3.8, 4) is 22.6 Å². The fourth-order valence-corrected chi connectivity index (χ4v) is 4.51. The number of nitrogens with one attached hydrogen (secondary N) is 1. The minimum Gasteiger partial charge on any atom is -0.496 e. The highest BCUT2D eigenvalue weighted by atomic mass is 16.6. The van der Waals surface area contributed by atoms with Gasteiger partial charge in [0.2, 0.25) is 5.91 Å². The van der Waals surface area contributed by atoms with Crippen LogP contribution in [-0.4, -0.2) is 65.3 Å². The lowest BCUT2D eigenvalue weighted by atomic mass is 9.75. The maximum absolute atomic E-state index is 13.5. The van der Waals surface area contributed by atoms with E-state index in [9.17, 15) is 9.59 Å². The molecule has 0 saturated carbocycles. The first-order valence-electron chi connectivity index (χ1n) is 11.7. The molecule has 0 radical (unpaired) electrons. The Balaban J connectivity index is 1.84. The second-order valence-corrected chi connectivity index (χ2v) is 8.54. The zero-order chi connectivity index (χ0) is 26.1. The Morgan fingerprint density at radius 3 is 2.14 bits per heavy atom. The fraction of sp³-hybridized carbons (Fsp3) is 0.444. The minimum absolute atomic E-state index is 0.259. The third kappa shape index (κ3) is 5.79. The third-order valence-corrected chi connectivity index (χ3v) is 6.60. The summed E-state index contributed by atoms with van der Waals surface area (Å²) >= 11 is 0. The first kappa shape index (κ1) is 27.0. The van der Waals surface area contributed by atoms with Crippen LogP contribution in [0.5, 0.6) is 11.5 Å². The number of amides is 1. The predicted molar refractivity (Wildman–Crippen MR) is 135 cm³/mol. The van der Waals surface area contributed by atoms with E-state index in [2.05, 4.69) is 10.5 Å². The smallest absolute Gasteiger partial charge is 0.328 e. The first-order chi connectivity index (χ1) is 17.4. The highest BCUT2D eigenvalue weighted by Gasteiger charge is 2.44. The lowest BCUT2D eigenvalue weighted by Gasteiger charge is -2.36. The zero-order valence-electron chi connectivity index (χ0n) is 21.5. The molecule has 0 bridgehead atoms. The number of ether oxygens (including phenoxy) is 4. The number of carbonyl (C=O) groups excluding carboxylic acids is 2. The summed E-state index contributed by atoms with van der Waals surface area (Å²) in [7, 11) is 5.97. The van der Waals surface area contributed by atoms with Crippen LogP contribution in [0.3, 0.4) is 0 Å². The van der Waals surface area contributed by atoms with Gasteiger partial charge in [-0.2, -0.15) is 0 Å². The standard InChI is InChI=1S/C27H34N2O7/c1-18(29-35-5)27(13-15-36-16-14-27)26(31)28-21(25(30)34-4)17-19-9-11-20(12-10-19)24-22(32-2)7-6-8-23(24)33-3/h6-12,21H,13-17H2,1-5H3,(H,28,31)/t21-/m0/s1. The number of benzene rings is 2. The molecule has 2 aromatic carbocycles. The van der Waals surface area contributed by atoms with Gasteiger partial charge in [0.25, 0.3) is 0 Å². The van der Waals surface area contributed by atoms with E-state index in [-0.39, 0.29) is 12.3 Å². The van der Waals surface area contributed by atoms with Crippen LogP contribution in [0.4, 0.5) is 0 Å². The summed E-state index contributed by atoms with van der Waals surface area (Å²) in [6.45, 7) is 2.59. The van der Waals surface area contributed by atoms with Crippen LogP contribution >= 0.6 is 0 Å². The zero-order valence-corrected chi connectivity index (χ0v) is 21.5. The van der Waals surface area contributed by atoms with Gasteiger partial charge in [-0.3, -0.25) is 4.79 Å². The number of oxime groups is 1. The average Bonchev–Trinajstić information content (AvgIpc) is 2.92. The van der Waals surface area contributed by atoms with E-state index in [0.29, 0.717) is 43.3 Å². The van der Waals surface area contributed by atoms with Crippen molar-refractivity contribution in [3.05, 3.63) is 48.0 Å². The molecule has 194 valence electrons. The van der Waals surface area contributed by atoms with E-state index in [1.807, 2.05) is 42.5 Å². The average molecular weight is 499 g/mol. The van der Waals surface area contributed by atoms with Crippen molar-refractivity contribution in [1.82, 2.24) is 5.32 Å². The van der Waals surface area contributed by atoms with Gasteiger partial charge in [-0.25, -0.2) is 4.79 Å². The molecule has 1 saturated heterocycles. The molecular weight excluding hydrogens is 464 g/mol. The Morgan fingerprint density at radius 2 is 1.61 bits per heavy atom. The molecule has 9 nitrogen and oxygen atoms in total. The second-order valence-electron chi connectivity index (χ2n) is 8.54. The normalized spacial score (nSPS) is 16.0. The molecule has 2 aromatic rings. The molecule has 3 rings (SSSR count). The third-order valence-electron chi connectivity index (χ3n) is 6.60. The Bertz CT molecular complexity index is 1050. The van der Waals surface area contributed by atoms with Crippen LogP contribution in [0.15, 0.2) is 47.6 Å². The van der Waals surface area contributed by atoms with Crippen molar-refractivity contribution in [2.24, 2.45) is 10.6 Å². The number of esters is 1. The van der Waals surface area contributed by atoms with Crippen molar-refractivity contribution in [1.29, 1.82) is 0 Å².